The van der Waals surface area contributed by atoms with Gasteiger partial charge in [-0.25, -0.2) is 0 Å². The number of carbonyl (C=O) groups excluding carboxylic acids is 4. The van der Waals surface area contributed by atoms with Crippen LogP contribution in [0.15, 0.2) is 54.2 Å². The van der Waals surface area contributed by atoms with Crippen LogP contribution in [-0.2, 0) is 35.2 Å². The molecular weight excluding hydrogens is 558 g/mol. The number of carbonyl (C=O) groups is 4. The largest absolute Gasteiger partial charge is 0.468 e. The molecule has 0 radical (unpaired) electrons. The molecule has 3 heterocycles. The summed E-state index contributed by atoms with van der Waals surface area (Å²) in [6.45, 7) is 10.1. The van der Waals surface area contributed by atoms with Gasteiger partial charge < -0.3 is 24.6 Å². The van der Waals surface area contributed by atoms with Crippen LogP contribution in [0.4, 0.5) is 0 Å². The number of rotatable bonds is 9. The predicted octanol–water partition coefficient (Wildman–Crippen LogP) is 4.58. The van der Waals surface area contributed by atoms with Gasteiger partial charge >= 0.3 is 5.97 Å². The molecule has 2 saturated heterocycles. The van der Waals surface area contributed by atoms with Crippen molar-refractivity contribution >= 4 is 34.5 Å². The molecule has 2 aromatic carbocycles. The number of nitrogens with one attached hydrogen (secondary N) is 1. The molecule has 0 aromatic heterocycles. The van der Waals surface area contributed by atoms with Crippen LogP contribution in [0.1, 0.15) is 65.4 Å². The van der Waals surface area contributed by atoms with Crippen LogP contribution in [0.2, 0.25) is 0 Å². The Balaban J connectivity index is 1.46. The summed E-state index contributed by atoms with van der Waals surface area (Å²) in [6.07, 6.45) is 3.15. The van der Waals surface area contributed by atoms with Gasteiger partial charge in [0, 0.05) is 44.1 Å². The average molecular weight is 604 g/mol. The number of ether oxygens (including phenoxy) is 2. The number of hydrogen-bond donors (Lipinski definition) is 1. The Morgan fingerprint density at radius 1 is 1.11 bits per heavy atom. The van der Waals surface area contributed by atoms with Crippen molar-refractivity contribution in [3.05, 3.63) is 59.8 Å². The summed E-state index contributed by atoms with van der Waals surface area (Å²) in [4.78, 5) is 56.8. The first-order chi connectivity index (χ1) is 21.0. The van der Waals surface area contributed by atoms with E-state index in [0.717, 1.165) is 29.3 Å². The van der Waals surface area contributed by atoms with Gasteiger partial charge in [0.15, 0.2) is 0 Å². The van der Waals surface area contributed by atoms with Crippen molar-refractivity contribution in [2.75, 3.05) is 26.7 Å². The second kappa shape index (κ2) is 12.7. The maximum absolute atomic E-state index is 14.4. The Morgan fingerprint density at radius 2 is 1.86 bits per heavy atom. The van der Waals surface area contributed by atoms with Crippen molar-refractivity contribution in [3.63, 3.8) is 0 Å². The number of esters is 1. The van der Waals surface area contributed by atoms with Crippen LogP contribution in [0.3, 0.4) is 0 Å². The lowest BCUT2D eigenvalue weighted by atomic mass is 9.65. The van der Waals surface area contributed by atoms with Gasteiger partial charge in [-0.05, 0) is 54.0 Å². The zero-order valence-electron chi connectivity index (χ0n) is 26.6. The molecule has 236 valence electrons. The molecule has 0 unspecified atom stereocenters. The van der Waals surface area contributed by atoms with Gasteiger partial charge in [-0.3, -0.25) is 19.2 Å². The molecule has 0 saturated carbocycles. The maximum atomic E-state index is 14.4. The van der Waals surface area contributed by atoms with Crippen LogP contribution >= 0.6 is 0 Å². The number of methoxy groups -OCH3 is 1. The molecule has 3 aliphatic heterocycles. The summed E-state index contributed by atoms with van der Waals surface area (Å²) >= 11 is 0. The van der Waals surface area contributed by atoms with Gasteiger partial charge in [-0.1, -0.05) is 63.2 Å². The van der Waals surface area contributed by atoms with Crippen LogP contribution in [0.5, 0.6) is 0 Å². The average Bonchev–Trinajstić information content (AvgIpc) is 3.41. The SMILES string of the molecule is COC(=O)[C@]12C[C@H](CC(=O)NCCCN3CCCC3=O)C(=O)N(Cc3cccc4ccccc34)C1=C[C@H](C(C)(C)C)O[C@@H]2C. The quantitative estimate of drug-likeness (QED) is 0.332. The highest BCUT2D eigenvalue weighted by Gasteiger charge is 2.60. The van der Waals surface area contributed by atoms with Gasteiger partial charge in [0.05, 0.1) is 25.9 Å². The minimum atomic E-state index is -1.25. The van der Waals surface area contributed by atoms with Crippen molar-refractivity contribution < 1.29 is 28.7 Å². The third-order valence-electron chi connectivity index (χ3n) is 9.43. The molecule has 44 heavy (non-hydrogen) atoms. The second-order valence-corrected chi connectivity index (χ2v) is 13.4. The van der Waals surface area contributed by atoms with E-state index < -0.39 is 23.4 Å². The number of likely N-dealkylation sites (tertiary alicyclic amines) is 2. The monoisotopic (exact) mass is 603 g/mol. The first-order valence-electron chi connectivity index (χ1n) is 15.7. The maximum Gasteiger partial charge on any atom is 0.320 e. The summed E-state index contributed by atoms with van der Waals surface area (Å²) in [5.41, 5.74) is 0.00139. The van der Waals surface area contributed by atoms with Crippen molar-refractivity contribution in [2.45, 2.75) is 78.6 Å². The highest BCUT2D eigenvalue weighted by Crippen LogP contribution is 2.52. The molecule has 1 N–H and O–H groups in total. The van der Waals surface area contributed by atoms with Gasteiger partial charge in [0.25, 0.3) is 0 Å². The smallest absolute Gasteiger partial charge is 0.320 e. The molecule has 4 atom stereocenters. The second-order valence-electron chi connectivity index (χ2n) is 13.4. The Kier molecular flexibility index (Phi) is 9.16. The zero-order chi connectivity index (χ0) is 31.6. The Bertz CT molecular complexity index is 1460. The van der Waals surface area contributed by atoms with Crippen molar-refractivity contribution in [1.82, 2.24) is 15.1 Å². The number of benzene rings is 2. The van der Waals surface area contributed by atoms with Crippen LogP contribution in [-0.4, -0.2) is 72.4 Å². The molecule has 2 aromatic rings. The lowest BCUT2D eigenvalue weighted by Gasteiger charge is -2.53. The molecule has 2 fully saturated rings. The number of amides is 3. The highest BCUT2D eigenvalue weighted by molar-refractivity contribution is 5.93. The van der Waals surface area contributed by atoms with E-state index in [4.69, 9.17) is 9.47 Å². The van der Waals surface area contributed by atoms with Gasteiger partial charge in [-0.2, -0.15) is 0 Å². The lowest BCUT2D eigenvalue weighted by Crippen LogP contribution is -2.61. The fraction of sp³-hybridized carbons (Fsp3) is 0.543. The molecule has 9 nitrogen and oxygen atoms in total. The first kappa shape index (κ1) is 31.7. The minimum Gasteiger partial charge on any atom is -0.468 e. The molecule has 3 amide bonds. The number of hydrogen-bond acceptors (Lipinski definition) is 6. The third kappa shape index (κ3) is 6.11. The standard InChI is InChI=1S/C35H45N3O6/c1-23-35(33(42)43-5)21-26(19-30(39)36-16-10-18-37-17-9-15-31(37)40)32(41)38(28(35)20-29(44-23)34(2,3)4)22-25-13-8-12-24-11-6-7-14-27(24)25/h6-8,11-14,20,23,26,29H,9-10,15-19,21-22H2,1-5H3,(H,36,39)/t23-,26+,29-,35+/m1/s1. The molecule has 3 aliphatic rings. The summed E-state index contributed by atoms with van der Waals surface area (Å²) in [5, 5.41) is 5.02. The van der Waals surface area contributed by atoms with Crippen LogP contribution in [0, 0.1) is 16.7 Å². The van der Waals surface area contributed by atoms with E-state index in [1.807, 2.05) is 60.4 Å². The number of piperidine rings is 1. The molecule has 0 spiro atoms. The normalized spacial score (nSPS) is 25.6. The fourth-order valence-corrected chi connectivity index (χ4v) is 6.94. The predicted molar refractivity (Wildman–Crippen MR) is 167 cm³/mol. The zero-order valence-corrected chi connectivity index (χ0v) is 26.6. The topological polar surface area (TPSA) is 105 Å². The van der Waals surface area contributed by atoms with Gasteiger partial charge in [0.2, 0.25) is 17.7 Å². The Labute approximate surface area is 259 Å². The lowest BCUT2D eigenvalue weighted by molar-refractivity contribution is -0.180. The molecule has 5 rings (SSSR count). The van der Waals surface area contributed by atoms with Crippen LogP contribution < -0.4 is 5.32 Å². The number of nitrogens with zero attached hydrogens (tertiary/aromatic N) is 2. The summed E-state index contributed by atoms with van der Waals surface area (Å²) < 4.78 is 11.9. The number of fused-ring (bicyclic) bond motifs is 2. The van der Waals surface area contributed by atoms with E-state index in [-0.39, 0.29) is 48.6 Å². The summed E-state index contributed by atoms with van der Waals surface area (Å²) in [7, 11) is 1.36. The molecular formula is C35H45N3O6. The highest BCUT2D eigenvalue weighted by atomic mass is 16.5. The minimum absolute atomic E-state index is 0.0606. The Morgan fingerprint density at radius 3 is 2.57 bits per heavy atom. The summed E-state index contributed by atoms with van der Waals surface area (Å²) in [6, 6.07) is 14.0. The van der Waals surface area contributed by atoms with Crippen molar-refractivity contribution in [1.29, 1.82) is 0 Å². The van der Waals surface area contributed by atoms with E-state index in [0.29, 0.717) is 31.6 Å². The van der Waals surface area contributed by atoms with Gasteiger partial charge in [0.1, 0.15) is 5.41 Å². The molecule has 0 aliphatic carbocycles. The van der Waals surface area contributed by atoms with Crippen molar-refractivity contribution in [3.8, 4) is 0 Å². The molecule has 0 bridgehead atoms. The fourth-order valence-electron chi connectivity index (χ4n) is 6.94. The van der Waals surface area contributed by atoms with E-state index in [2.05, 4.69) is 26.1 Å². The van der Waals surface area contributed by atoms with E-state index in [1.165, 1.54) is 7.11 Å². The molecule has 9 heteroatoms. The van der Waals surface area contributed by atoms with Gasteiger partial charge in [-0.15, -0.1) is 0 Å². The van der Waals surface area contributed by atoms with E-state index in [9.17, 15) is 19.2 Å². The van der Waals surface area contributed by atoms with Crippen LogP contribution in [0.25, 0.3) is 10.8 Å². The Hall–Kier alpha value is -3.72. The van der Waals surface area contributed by atoms with E-state index >= 15 is 0 Å². The third-order valence-corrected chi connectivity index (χ3v) is 9.43. The van der Waals surface area contributed by atoms with Crippen molar-refractivity contribution in [2.24, 2.45) is 16.7 Å². The first-order valence-corrected chi connectivity index (χ1v) is 15.7. The summed E-state index contributed by atoms with van der Waals surface area (Å²) in [5.74, 6) is -1.52. The van der Waals surface area contributed by atoms with E-state index in [1.54, 1.807) is 4.90 Å².